The van der Waals surface area contributed by atoms with Crippen molar-refractivity contribution in [2.75, 3.05) is 26.2 Å². The summed E-state index contributed by atoms with van der Waals surface area (Å²) in [5.74, 6) is 2.36. The quantitative estimate of drug-likeness (QED) is 0.671. The molecule has 0 aromatic heterocycles. The van der Waals surface area contributed by atoms with Crippen LogP contribution in [-0.4, -0.2) is 31.1 Å². The fraction of sp³-hybridized carbons (Fsp3) is 0.667. The molecule has 1 rings (SSSR count). The van der Waals surface area contributed by atoms with Gasteiger partial charge in [-0.2, -0.15) is 0 Å². The van der Waals surface area contributed by atoms with Crippen LogP contribution >= 0.6 is 0 Å². The van der Waals surface area contributed by atoms with Crippen molar-refractivity contribution in [3.8, 4) is 5.75 Å². The molecular formula is C18H32N2O. The average Bonchev–Trinajstić information content (AvgIpc) is 2.42. The normalized spacial score (nSPS) is 11.6. The van der Waals surface area contributed by atoms with Crippen molar-refractivity contribution in [2.24, 2.45) is 17.6 Å². The van der Waals surface area contributed by atoms with Crippen LogP contribution in [0.25, 0.3) is 0 Å². The van der Waals surface area contributed by atoms with E-state index in [4.69, 9.17) is 10.5 Å². The summed E-state index contributed by atoms with van der Waals surface area (Å²) in [6.45, 7) is 13.9. The zero-order chi connectivity index (χ0) is 15.7. The van der Waals surface area contributed by atoms with Gasteiger partial charge in [0.05, 0.1) is 6.61 Å². The molecule has 0 radical (unpaired) electrons. The summed E-state index contributed by atoms with van der Waals surface area (Å²) in [5, 5.41) is 0. The van der Waals surface area contributed by atoms with E-state index in [0.717, 1.165) is 30.9 Å². The lowest BCUT2D eigenvalue weighted by atomic mass is 10.1. The molecule has 0 saturated heterocycles. The van der Waals surface area contributed by atoms with Gasteiger partial charge in [-0.15, -0.1) is 0 Å². The standard InChI is InChI=1S/C18H32N2O/c1-15(2)13-20(14-16(3)4)9-6-10-21-18-8-5-7-17(11-18)12-19/h5,7-8,11,15-16H,6,9-10,12-14,19H2,1-4H3. The van der Waals surface area contributed by atoms with E-state index in [9.17, 15) is 0 Å². The molecule has 0 aliphatic heterocycles. The molecule has 1 aromatic carbocycles. The molecule has 0 unspecified atom stereocenters. The van der Waals surface area contributed by atoms with Gasteiger partial charge in [-0.05, 0) is 36.0 Å². The van der Waals surface area contributed by atoms with Gasteiger partial charge < -0.3 is 15.4 Å². The molecule has 0 atom stereocenters. The van der Waals surface area contributed by atoms with Crippen LogP contribution in [0.2, 0.25) is 0 Å². The highest BCUT2D eigenvalue weighted by Crippen LogP contribution is 2.13. The Kier molecular flexibility index (Phi) is 8.40. The van der Waals surface area contributed by atoms with E-state index in [0.29, 0.717) is 18.4 Å². The van der Waals surface area contributed by atoms with E-state index in [1.807, 2.05) is 24.3 Å². The largest absolute Gasteiger partial charge is 0.494 e. The van der Waals surface area contributed by atoms with Crippen molar-refractivity contribution in [3.05, 3.63) is 29.8 Å². The number of rotatable bonds is 10. The van der Waals surface area contributed by atoms with Gasteiger partial charge in [0.25, 0.3) is 0 Å². The summed E-state index contributed by atoms with van der Waals surface area (Å²) in [6, 6.07) is 8.06. The number of nitrogens with zero attached hydrogens (tertiary/aromatic N) is 1. The highest BCUT2D eigenvalue weighted by atomic mass is 16.5. The fourth-order valence-electron chi connectivity index (χ4n) is 2.53. The molecule has 0 spiro atoms. The molecule has 3 heteroatoms. The van der Waals surface area contributed by atoms with Gasteiger partial charge in [-0.25, -0.2) is 0 Å². The monoisotopic (exact) mass is 292 g/mol. The van der Waals surface area contributed by atoms with E-state index < -0.39 is 0 Å². The van der Waals surface area contributed by atoms with Crippen molar-refractivity contribution < 1.29 is 4.74 Å². The summed E-state index contributed by atoms with van der Waals surface area (Å²) >= 11 is 0. The van der Waals surface area contributed by atoms with E-state index in [1.165, 1.54) is 13.1 Å². The Labute approximate surface area is 130 Å². The van der Waals surface area contributed by atoms with E-state index in [2.05, 4.69) is 32.6 Å². The zero-order valence-electron chi connectivity index (χ0n) is 14.1. The lowest BCUT2D eigenvalue weighted by Crippen LogP contribution is -2.33. The molecule has 0 heterocycles. The second-order valence-corrected chi connectivity index (χ2v) is 6.60. The van der Waals surface area contributed by atoms with Crippen molar-refractivity contribution in [2.45, 2.75) is 40.7 Å². The van der Waals surface area contributed by atoms with Crippen molar-refractivity contribution >= 4 is 0 Å². The molecule has 120 valence electrons. The van der Waals surface area contributed by atoms with Crippen LogP contribution in [0.5, 0.6) is 5.75 Å². The first-order chi connectivity index (χ1) is 10.0. The molecule has 3 nitrogen and oxygen atoms in total. The Bertz CT molecular complexity index is 381. The van der Waals surface area contributed by atoms with Gasteiger partial charge in [-0.3, -0.25) is 0 Å². The number of hydrogen-bond acceptors (Lipinski definition) is 3. The van der Waals surface area contributed by atoms with Gasteiger partial charge in [0.15, 0.2) is 0 Å². The minimum atomic E-state index is 0.563. The summed E-state index contributed by atoms with van der Waals surface area (Å²) in [5.41, 5.74) is 6.76. The van der Waals surface area contributed by atoms with Gasteiger partial charge in [0.2, 0.25) is 0 Å². The van der Waals surface area contributed by atoms with Crippen LogP contribution in [0, 0.1) is 11.8 Å². The topological polar surface area (TPSA) is 38.5 Å². The highest BCUT2D eigenvalue weighted by molar-refractivity contribution is 5.28. The molecule has 0 saturated carbocycles. The van der Waals surface area contributed by atoms with Crippen LogP contribution in [0.4, 0.5) is 0 Å². The highest BCUT2D eigenvalue weighted by Gasteiger charge is 2.09. The second kappa shape index (κ2) is 9.80. The SMILES string of the molecule is CC(C)CN(CCCOc1cccc(CN)c1)CC(C)C. The van der Waals surface area contributed by atoms with Crippen LogP contribution in [0.1, 0.15) is 39.7 Å². The van der Waals surface area contributed by atoms with Gasteiger partial charge in [-0.1, -0.05) is 39.8 Å². The lowest BCUT2D eigenvalue weighted by molar-refractivity contribution is 0.198. The van der Waals surface area contributed by atoms with Crippen LogP contribution in [0.15, 0.2) is 24.3 Å². The average molecular weight is 292 g/mol. The lowest BCUT2D eigenvalue weighted by Gasteiger charge is -2.26. The third-order valence-electron chi connectivity index (χ3n) is 3.27. The first-order valence-electron chi connectivity index (χ1n) is 8.15. The smallest absolute Gasteiger partial charge is 0.119 e. The van der Waals surface area contributed by atoms with Gasteiger partial charge in [0.1, 0.15) is 5.75 Å². The van der Waals surface area contributed by atoms with E-state index in [1.54, 1.807) is 0 Å². The minimum Gasteiger partial charge on any atom is -0.494 e. The molecule has 0 amide bonds. The van der Waals surface area contributed by atoms with Crippen molar-refractivity contribution in [3.63, 3.8) is 0 Å². The number of ether oxygens (including phenoxy) is 1. The zero-order valence-corrected chi connectivity index (χ0v) is 14.1. The van der Waals surface area contributed by atoms with E-state index in [-0.39, 0.29) is 0 Å². The molecule has 2 N–H and O–H groups in total. The molecule has 0 fully saturated rings. The van der Waals surface area contributed by atoms with E-state index >= 15 is 0 Å². The van der Waals surface area contributed by atoms with Gasteiger partial charge in [0, 0.05) is 26.2 Å². The number of hydrogen-bond donors (Lipinski definition) is 1. The number of benzene rings is 1. The Hall–Kier alpha value is -1.06. The first kappa shape index (κ1) is 18.0. The maximum atomic E-state index is 5.83. The first-order valence-corrected chi connectivity index (χ1v) is 8.15. The van der Waals surface area contributed by atoms with Crippen molar-refractivity contribution in [1.29, 1.82) is 0 Å². The van der Waals surface area contributed by atoms with Crippen LogP contribution in [0.3, 0.4) is 0 Å². The predicted octanol–water partition coefficient (Wildman–Crippen LogP) is 3.53. The molecule has 0 aliphatic rings. The summed E-state index contributed by atoms with van der Waals surface area (Å²) in [6.07, 6.45) is 1.06. The molecule has 0 bridgehead atoms. The summed E-state index contributed by atoms with van der Waals surface area (Å²) < 4.78 is 5.83. The van der Waals surface area contributed by atoms with Crippen LogP contribution < -0.4 is 10.5 Å². The molecule has 1 aromatic rings. The minimum absolute atomic E-state index is 0.563. The third-order valence-corrected chi connectivity index (χ3v) is 3.27. The maximum Gasteiger partial charge on any atom is 0.119 e. The third kappa shape index (κ3) is 8.08. The molecule has 0 aliphatic carbocycles. The van der Waals surface area contributed by atoms with Crippen LogP contribution in [-0.2, 0) is 6.54 Å². The Balaban J connectivity index is 2.32. The Morgan fingerprint density at radius 3 is 2.33 bits per heavy atom. The Morgan fingerprint density at radius 1 is 1.10 bits per heavy atom. The summed E-state index contributed by atoms with van der Waals surface area (Å²) in [4.78, 5) is 2.55. The summed E-state index contributed by atoms with van der Waals surface area (Å²) in [7, 11) is 0. The van der Waals surface area contributed by atoms with Gasteiger partial charge >= 0.3 is 0 Å². The second-order valence-electron chi connectivity index (χ2n) is 6.60. The Morgan fingerprint density at radius 2 is 1.76 bits per heavy atom. The molecule has 21 heavy (non-hydrogen) atoms. The number of nitrogens with two attached hydrogens (primary N) is 1. The predicted molar refractivity (Wildman–Crippen MR) is 90.6 cm³/mol. The molecular weight excluding hydrogens is 260 g/mol. The van der Waals surface area contributed by atoms with Crippen molar-refractivity contribution in [1.82, 2.24) is 4.90 Å². The fourth-order valence-corrected chi connectivity index (χ4v) is 2.53. The maximum absolute atomic E-state index is 5.83.